The third-order valence-corrected chi connectivity index (χ3v) is 7.70. The molecule has 5 aromatic rings. The number of fused-ring (bicyclic) bond motifs is 3. The van der Waals surface area contributed by atoms with E-state index in [2.05, 4.69) is 49.0 Å². The molecule has 3 heterocycles. The van der Waals surface area contributed by atoms with Crippen LogP contribution in [0.15, 0.2) is 73.2 Å². The molecule has 1 aliphatic carbocycles. The quantitative estimate of drug-likeness (QED) is 0.259. The third-order valence-electron chi connectivity index (χ3n) is 7.70. The molecule has 1 aliphatic heterocycles. The van der Waals surface area contributed by atoms with E-state index in [-0.39, 0.29) is 11.8 Å². The highest BCUT2D eigenvalue weighted by atomic mass is 16.5. The van der Waals surface area contributed by atoms with E-state index in [9.17, 15) is 4.79 Å². The molecule has 0 radical (unpaired) electrons. The van der Waals surface area contributed by atoms with Gasteiger partial charge >= 0.3 is 0 Å². The maximum absolute atomic E-state index is 13.1. The Hall–Kier alpha value is -4.92. The summed E-state index contributed by atoms with van der Waals surface area (Å²) < 4.78 is 11.4. The fourth-order valence-corrected chi connectivity index (χ4v) is 5.68. The largest absolute Gasteiger partial charge is 0.497 e. The number of methoxy groups -OCH3 is 1. The summed E-state index contributed by atoms with van der Waals surface area (Å²) in [5.74, 6) is 2.30. The van der Waals surface area contributed by atoms with Crippen molar-refractivity contribution in [1.29, 1.82) is 0 Å². The summed E-state index contributed by atoms with van der Waals surface area (Å²) in [6.07, 6.45) is 5.81. The molecule has 1 spiro atoms. The second kappa shape index (κ2) is 8.83. The molecule has 7 rings (SSSR count). The number of carbonyl (C=O) groups is 1. The zero-order chi connectivity index (χ0) is 26.6. The van der Waals surface area contributed by atoms with Gasteiger partial charge in [-0.25, -0.2) is 0 Å². The minimum atomic E-state index is -0.546. The van der Waals surface area contributed by atoms with E-state index in [0.717, 1.165) is 56.8 Å². The van der Waals surface area contributed by atoms with Gasteiger partial charge in [0.25, 0.3) is 0 Å². The van der Waals surface area contributed by atoms with Crippen LogP contribution in [0.25, 0.3) is 22.2 Å². The van der Waals surface area contributed by atoms with E-state index < -0.39 is 5.41 Å². The number of hydrogen-bond acceptors (Lipinski definition) is 7. The molecule has 3 aromatic carbocycles. The summed E-state index contributed by atoms with van der Waals surface area (Å²) in [6.45, 7) is 2.48. The number of rotatable bonds is 7. The highest BCUT2D eigenvalue weighted by Crippen LogP contribution is 2.65. The highest BCUT2D eigenvalue weighted by Gasteiger charge is 2.65. The Morgan fingerprint density at radius 1 is 1.10 bits per heavy atom. The Morgan fingerprint density at radius 3 is 2.85 bits per heavy atom. The van der Waals surface area contributed by atoms with Crippen molar-refractivity contribution < 1.29 is 14.3 Å². The van der Waals surface area contributed by atoms with E-state index in [1.807, 2.05) is 43.3 Å². The van der Waals surface area contributed by atoms with Crippen LogP contribution in [0.1, 0.15) is 30.4 Å². The van der Waals surface area contributed by atoms with Crippen LogP contribution in [-0.4, -0.2) is 39.8 Å². The predicted octanol–water partition coefficient (Wildman–Crippen LogP) is 5.55. The molecule has 3 N–H and O–H groups in total. The first-order valence-corrected chi connectivity index (χ1v) is 12.9. The Morgan fingerprint density at radius 2 is 2.03 bits per heavy atom. The van der Waals surface area contributed by atoms with Crippen molar-refractivity contribution in [3.05, 3.63) is 84.3 Å². The molecule has 9 nitrogen and oxygen atoms in total. The maximum atomic E-state index is 13.1. The molecule has 9 heteroatoms. The first-order chi connectivity index (χ1) is 19.1. The van der Waals surface area contributed by atoms with Crippen molar-refractivity contribution in [2.24, 2.45) is 0 Å². The van der Waals surface area contributed by atoms with Gasteiger partial charge in [0, 0.05) is 34.9 Å². The van der Waals surface area contributed by atoms with Gasteiger partial charge in [0.15, 0.2) is 5.82 Å². The van der Waals surface area contributed by atoms with E-state index in [4.69, 9.17) is 9.47 Å². The van der Waals surface area contributed by atoms with Crippen molar-refractivity contribution in [1.82, 2.24) is 20.2 Å². The molecule has 1 saturated carbocycles. The van der Waals surface area contributed by atoms with Crippen molar-refractivity contribution in [3.8, 4) is 22.8 Å². The number of aromatic nitrogens is 4. The standard InChI is InChI=1S/C30H26N6O3/c1-3-39-27-13-18(26-16-31-10-11-32-26)5-8-24(27)33-28-20-7-4-17(12-25(20)35-36-28)22-15-30(22)21-14-19(38-2)6-9-23(21)34-29(30)37/h4-14,16,22H,3,15H2,1-2H3,(H,34,37)(H2,33,35,36)/t22-,30-/m0/s1. The van der Waals surface area contributed by atoms with Gasteiger partial charge in [0.1, 0.15) is 11.5 Å². The lowest BCUT2D eigenvalue weighted by atomic mass is 9.91. The van der Waals surface area contributed by atoms with Gasteiger partial charge in [0.2, 0.25) is 5.91 Å². The number of hydrogen-bond donors (Lipinski definition) is 3. The number of nitrogens with one attached hydrogen (secondary N) is 3. The smallest absolute Gasteiger partial charge is 0.235 e. The van der Waals surface area contributed by atoms with Crippen molar-refractivity contribution in [2.75, 3.05) is 24.4 Å². The lowest BCUT2D eigenvalue weighted by molar-refractivity contribution is -0.118. The van der Waals surface area contributed by atoms with Crippen LogP contribution in [0.5, 0.6) is 11.5 Å². The number of aromatic amines is 1. The zero-order valence-corrected chi connectivity index (χ0v) is 21.5. The third kappa shape index (κ3) is 3.69. The summed E-state index contributed by atoms with van der Waals surface area (Å²) in [7, 11) is 1.64. The van der Waals surface area contributed by atoms with Crippen molar-refractivity contribution >= 4 is 34.0 Å². The topological polar surface area (TPSA) is 114 Å². The van der Waals surface area contributed by atoms with Crippen molar-refractivity contribution in [2.45, 2.75) is 24.7 Å². The van der Waals surface area contributed by atoms with E-state index in [1.165, 1.54) is 0 Å². The second-order valence-electron chi connectivity index (χ2n) is 9.83. The number of benzene rings is 3. The number of anilines is 3. The summed E-state index contributed by atoms with van der Waals surface area (Å²) in [6, 6.07) is 17.9. The Labute approximate surface area is 224 Å². The second-order valence-corrected chi connectivity index (χ2v) is 9.83. The Kier molecular flexibility index (Phi) is 5.26. The number of H-pyrrole nitrogens is 1. The molecule has 194 valence electrons. The normalized spacial score (nSPS) is 19.1. The number of carbonyl (C=O) groups excluding carboxylic acids is 1. The molecule has 2 aliphatic rings. The Bertz CT molecular complexity index is 1730. The number of amides is 1. The lowest BCUT2D eigenvalue weighted by Crippen LogP contribution is -2.21. The van der Waals surface area contributed by atoms with Gasteiger partial charge in [-0.2, -0.15) is 5.10 Å². The summed E-state index contributed by atoms with van der Waals surface area (Å²) in [5.41, 5.74) is 5.83. The van der Waals surface area contributed by atoms with Crippen LogP contribution in [0, 0.1) is 0 Å². The van der Waals surface area contributed by atoms with Gasteiger partial charge < -0.3 is 20.1 Å². The minimum absolute atomic E-state index is 0.0520. The zero-order valence-electron chi connectivity index (χ0n) is 21.5. The number of ether oxygens (including phenoxy) is 2. The lowest BCUT2D eigenvalue weighted by Gasteiger charge is -2.13. The van der Waals surface area contributed by atoms with Gasteiger partial charge in [-0.1, -0.05) is 12.1 Å². The van der Waals surface area contributed by atoms with Crippen molar-refractivity contribution in [3.63, 3.8) is 0 Å². The van der Waals surface area contributed by atoms with Gasteiger partial charge in [-0.15, -0.1) is 0 Å². The van der Waals surface area contributed by atoms with Gasteiger partial charge in [-0.05, 0) is 66.9 Å². The van der Waals surface area contributed by atoms with Gasteiger partial charge in [0.05, 0.1) is 42.2 Å². The summed E-state index contributed by atoms with van der Waals surface area (Å²) in [5, 5.41) is 15.1. The molecule has 0 unspecified atom stereocenters. The molecule has 39 heavy (non-hydrogen) atoms. The highest BCUT2D eigenvalue weighted by molar-refractivity contribution is 6.10. The Balaban J connectivity index is 1.18. The first-order valence-electron chi connectivity index (χ1n) is 12.9. The fraction of sp³-hybridized carbons (Fsp3) is 0.200. The van der Waals surface area contributed by atoms with E-state index >= 15 is 0 Å². The minimum Gasteiger partial charge on any atom is -0.497 e. The summed E-state index contributed by atoms with van der Waals surface area (Å²) >= 11 is 0. The molecule has 1 amide bonds. The molecule has 1 fully saturated rings. The van der Waals surface area contributed by atoms with E-state index in [0.29, 0.717) is 18.2 Å². The molecule has 0 bridgehead atoms. The van der Waals surface area contributed by atoms with Gasteiger partial charge in [-0.3, -0.25) is 19.9 Å². The molecular formula is C30H26N6O3. The van der Waals surface area contributed by atoms with Crippen LogP contribution >= 0.6 is 0 Å². The number of nitrogens with zero attached hydrogens (tertiary/aromatic N) is 3. The fourth-order valence-electron chi connectivity index (χ4n) is 5.68. The molecule has 2 atom stereocenters. The SMILES string of the molecule is CCOc1cc(-c2cnccn2)ccc1Nc1n[nH]c2cc([C@@H]3C[C@@]34C(=O)Nc3ccc(OC)cc34)ccc12. The molecule has 0 saturated heterocycles. The average molecular weight is 519 g/mol. The molecular weight excluding hydrogens is 492 g/mol. The average Bonchev–Trinajstić information content (AvgIpc) is 3.52. The monoisotopic (exact) mass is 518 g/mol. The maximum Gasteiger partial charge on any atom is 0.235 e. The van der Waals surface area contributed by atoms with Crippen LogP contribution in [-0.2, 0) is 10.2 Å². The van der Waals surface area contributed by atoms with Crippen LogP contribution in [0.3, 0.4) is 0 Å². The summed E-state index contributed by atoms with van der Waals surface area (Å²) in [4.78, 5) is 21.6. The van der Waals surface area contributed by atoms with E-state index in [1.54, 1.807) is 25.7 Å². The predicted molar refractivity (Wildman–Crippen MR) is 149 cm³/mol. The van der Waals surface area contributed by atoms with Crippen LogP contribution in [0.2, 0.25) is 0 Å². The first kappa shape index (κ1) is 23.2. The molecule has 2 aromatic heterocycles. The van der Waals surface area contributed by atoms with Crippen LogP contribution in [0.4, 0.5) is 17.2 Å². The van der Waals surface area contributed by atoms with Crippen LogP contribution < -0.4 is 20.1 Å².